The first-order valence-corrected chi connectivity index (χ1v) is 9.99. The highest BCUT2D eigenvalue weighted by molar-refractivity contribution is 7.09. The Labute approximate surface area is 174 Å². The standard InChI is InChI=1S/C20H27N5O3S/c1-6-20(4,5)23-14(26)10-25(13-8-7-11(2)9-12(13)3)19(28)17-15(21)16(18(22)27)24-29-17/h7-9H,6,10,21H2,1-5H3,(H2,22,27)(H,23,26). The maximum absolute atomic E-state index is 13.3. The van der Waals surface area contributed by atoms with Gasteiger partial charge in [0.25, 0.3) is 11.8 Å². The maximum atomic E-state index is 13.3. The van der Waals surface area contributed by atoms with E-state index in [-0.39, 0.29) is 28.7 Å². The van der Waals surface area contributed by atoms with Gasteiger partial charge in [-0.3, -0.25) is 19.3 Å². The van der Waals surface area contributed by atoms with E-state index in [9.17, 15) is 14.4 Å². The number of nitrogens with two attached hydrogens (primary N) is 2. The fraction of sp³-hybridized carbons (Fsp3) is 0.400. The Morgan fingerprint density at radius 3 is 2.41 bits per heavy atom. The van der Waals surface area contributed by atoms with Crippen LogP contribution in [0.4, 0.5) is 11.4 Å². The Morgan fingerprint density at radius 2 is 1.90 bits per heavy atom. The van der Waals surface area contributed by atoms with Crippen LogP contribution in [-0.2, 0) is 4.79 Å². The van der Waals surface area contributed by atoms with Crippen molar-refractivity contribution in [2.75, 3.05) is 17.2 Å². The first-order valence-electron chi connectivity index (χ1n) is 9.22. The molecule has 9 heteroatoms. The van der Waals surface area contributed by atoms with E-state index < -0.39 is 17.4 Å². The molecule has 0 spiro atoms. The van der Waals surface area contributed by atoms with Gasteiger partial charge < -0.3 is 16.8 Å². The lowest BCUT2D eigenvalue weighted by Crippen LogP contribution is -2.48. The molecule has 8 nitrogen and oxygen atoms in total. The van der Waals surface area contributed by atoms with Crippen LogP contribution in [0.5, 0.6) is 0 Å². The minimum Gasteiger partial charge on any atom is -0.395 e. The van der Waals surface area contributed by atoms with Gasteiger partial charge in [-0.2, -0.15) is 4.37 Å². The van der Waals surface area contributed by atoms with Crippen molar-refractivity contribution in [3.05, 3.63) is 39.9 Å². The van der Waals surface area contributed by atoms with Crippen LogP contribution in [0.15, 0.2) is 18.2 Å². The molecular formula is C20H27N5O3S. The molecule has 0 fully saturated rings. The van der Waals surface area contributed by atoms with E-state index in [0.29, 0.717) is 5.69 Å². The molecule has 5 N–H and O–H groups in total. The molecule has 3 amide bonds. The van der Waals surface area contributed by atoms with Gasteiger partial charge in [0.2, 0.25) is 5.91 Å². The van der Waals surface area contributed by atoms with E-state index in [4.69, 9.17) is 11.5 Å². The van der Waals surface area contributed by atoms with Crippen LogP contribution in [0.3, 0.4) is 0 Å². The molecule has 0 saturated heterocycles. The summed E-state index contributed by atoms with van der Waals surface area (Å²) in [7, 11) is 0. The van der Waals surface area contributed by atoms with Crippen molar-refractivity contribution >= 4 is 40.6 Å². The van der Waals surface area contributed by atoms with Crippen LogP contribution < -0.4 is 21.7 Å². The second-order valence-electron chi connectivity index (χ2n) is 7.61. The molecule has 0 unspecified atom stereocenters. The number of hydrogen-bond donors (Lipinski definition) is 3. The van der Waals surface area contributed by atoms with E-state index in [1.807, 2.05) is 46.8 Å². The van der Waals surface area contributed by atoms with E-state index in [2.05, 4.69) is 9.69 Å². The van der Waals surface area contributed by atoms with Gasteiger partial charge in [-0.05, 0) is 57.3 Å². The zero-order chi connectivity index (χ0) is 21.9. The minimum atomic E-state index is -0.807. The number of nitrogens with zero attached hydrogens (tertiary/aromatic N) is 2. The van der Waals surface area contributed by atoms with Gasteiger partial charge in [0, 0.05) is 11.2 Å². The number of benzene rings is 1. The number of primary amides is 1. The monoisotopic (exact) mass is 417 g/mol. The second kappa shape index (κ2) is 8.60. The van der Waals surface area contributed by atoms with Crippen LogP contribution in [0, 0.1) is 13.8 Å². The predicted octanol–water partition coefficient (Wildman–Crippen LogP) is 2.39. The smallest absolute Gasteiger partial charge is 0.272 e. The molecule has 1 aromatic heterocycles. The van der Waals surface area contributed by atoms with Crippen molar-refractivity contribution in [3.63, 3.8) is 0 Å². The summed E-state index contributed by atoms with van der Waals surface area (Å²) in [4.78, 5) is 38.9. The average Bonchev–Trinajstić information content (AvgIpc) is 3.01. The largest absolute Gasteiger partial charge is 0.395 e. The summed E-state index contributed by atoms with van der Waals surface area (Å²) in [6, 6.07) is 5.57. The zero-order valence-electron chi connectivity index (χ0n) is 17.3. The maximum Gasteiger partial charge on any atom is 0.272 e. The zero-order valence-corrected chi connectivity index (χ0v) is 18.1. The molecule has 0 aliphatic heterocycles. The van der Waals surface area contributed by atoms with Crippen LogP contribution in [0.2, 0.25) is 0 Å². The Balaban J connectivity index is 2.45. The van der Waals surface area contributed by atoms with E-state index in [0.717, 1.165) is 29.1 Å². The van der Waals surface area contributed by atoms with Crippen molar-refractivity contribution < 1.29 is 14.4 Å². The summed E-state index contributed by atoms with van der Waals surface area (Å²) in [5, 5.41) is 2.93. The summed E-state index contributed by atoms with van der Waals surface area (Å²) in [6.45, 7) is 9.40. The molecule has 0 aliphatic carbocycles. The lowest BCUT2D eigenvalue weighted by molar-refractivity contribution is -0.121. The lowest BCUT2D eigenvalue weighted by Gasteiger charge is -2.28. The normalized spacial score (nSPS) is 11.2. The number of anilines is 2. The number of amides is 3. The third-order valence-corrected chi connectivity index (χ3v) is 5.56. The molecule has 1 aromatic carbocycles. The second-order valence-corrected chi connectivity index (χ2v) is 8.38. The molecule has 1 heterocycles. The summed E-state index contributed by atoms with van der Waals surface area (Å²) in [5.41, 5.74) is 13.0. The summed E-state index contributed by atoms with van der Waals surface area (Å²) in [6.07, 6.45) is 0.736. The molecule has 0 bridgehead atoms. The van der Waals surface area contributed by atoms with Crippen molar-refractivity contribution in [2.24, 2.45) is 5.73 Å². The number of carbonyl (C=O) groups excluding carboxylic acids is 3. The lowest BCUT2D eigenvalue weighted by atomic mass is 10.0. The van der Waals surface area contributed by atoms with E-state index >= 15 is 0 Å². The van der Waals surface area contributed by atoms with E-state index in [1.165, 1.54) is 4.90 Å². The molecule has 0 aliphatic rings. The molecule has 0 radical (unpaired) electrons. The molecule has 0 atom stereocenters. The Hall–Kier alpha value is -2.94. The number of nitrogens with one attached hydrogen (secondary N) is 1. The number of hydrogen-bond acceptors (Lipinski definition) is 6. The van der Waals surface area contributed by atoms with Crippen molar-refractivity contribution in [1.82, 2.24) is 9.69 Å². The van der Waals surface area contributed by atoms with Crippen molar-refractivity contribution in [1.29, 1.82) is 0 Å². The minimum absolute atomic E-state index is 0.0707. The summed E-state index contributed by atoms with van der Waals surface area (Å²) < 4.78 is 3.89. The third kappa shape index (κ3) is 5.11. The number of rotatable bonds is 7. The predicted molar refractivity (Wildman–Crippen MR) is 115 cm³/mol. The number of nitrogen functional groups attached to an aromatic ring is 1. The third-order valence-electron chi connectivity index (χ3n) is 4.71. The van der Waals surface area contributed by atoms with Crippen LogP contribution in [0.25, 0.3) is 0 Å². The van der Waals surface area contributed by atoms with Gasteiger partial charge >= 0.3 is 0 Å². The van der Waals surface area contributed by atoms with Gasteiger partial charge in [0.05, 0.1) is 5.69 Å². The van der Waals surface area contributed by atoms with Gasteiger partial charge in [-0.25, -0.2) is 0 Å². The van der Waals surface area contributed by atoms with Crippen LogP contribution in [-0.4, -0.2) is 34.2 Å². The Bertz CT molecular complexity index is 952. The number of aryl methyl sites for hydroxylation is 2. The Morgan fingerprint density at radius 1 is 1.24 bits per heavy atom. The highest BCUT2D eigenvalue weighted by Gasteiger charge is 2.29. The molecule has 0 saturated carbocycles. The topological polar surface area (TPSA) is 131 Å². The van der Waals surface area contributed by atoms with E-state index in [1.54, 1.807) is 6.07 Å². The Kier molecular flexibility index (Phi) is 6.63. The summed E-state index contributed by atoms with van der Waals surface area (Å²) in [5.74, 6) is -1.62. The summed E-state index contributed by atoms with van der Waals surface area (Å²) >= 11 is 0.791. The van der Waals surface area contributed by atoms with Gasteiger partial charge in [-0.15, -0.1) is 0 Å². The highest BCUT2D eigenvalue weighted by atomic mass is 32.1. The van der Waals surface area contributed by atoms with Crippen molar-refractivity contribution in [2.45, 2.75) is 46.6 Å². The van der Waals surface area contributed by atoms with Crippen molar-refractivity contribution in [3.8, 4) is 0 Å². The molecule has 156 valence electrons. The van der Waals surface area contributed by atoms with Gasteiger partial charge in [0.15, 0.2) is 5.69 Å². The SMILES string of the molecule is CCC(C)(C)NC(=O)CN(C(=O)c1snc(C(N)=O)c1N)c1ccc(C)cc1C. The quantitative estimate of drug-likeness (QED) is 0.636. The first kappa shape index (κ1) is 22.4. The fourth-order valence-electron chi connectivity index (χ4n) is 2.78. The van der Waals surface area contributed by atoms with Crippen LogP contribution >= 0.6 is 11.5 Å². The average molecular weight is 418 g/mol. The highest BCUT2D eigenvalue weighted by Crippen LogP contribution is 2.28. The molecule has 29 heavy (non-hydrogen) atoms. The fourth-order valence-corrected chi connectivity index (χ4v) is 3.53. The van der Waals surface area contributed by atoms with Gasteiger partial charge in [-0.1, -0.05) is 24.6 Å². The first-order chi connectivity index (χ1) is 13.5. The molecule has 2 aromatic rings. The molecule has 2 rings (SSSR count). The van der Waals surface area contributed by atoms with Gasteiger partial charge in [0.1, 0.15) is 11.4 Å². The van der Waals surface area contributed by atoms with Crippen LogP contribution in [0.1, 0.15) is 58.5 Å². The number of carbonyl (C=O) groups is 3. The number of aromatic nitrogens is 1. The molecular weight excluding hydrogens is 390 g/mol.